The summed E-state index contributed by atoms with van der Waals surface area (Å²) >= 11 is 0. The lowest BCUT2D eigenvalue weighted by atomic mass is 10.2. The smallest absolute Gasteiger partial charge is 0.408 e. The number of hydrogen-bond donors (Lipinski definition) is 1. The molecule has 0 aliphatic rings. The summed E-state index contributed by atoms with van der Waals surface area (Å²) in [4.78, 5) is 23.8. The first-order valence-corrected chi connectivity index (χ1v) is 9.34. The van der Waals surface area contributed by atoms with Crippen molar-refractivity contribution in [2.75, 3.05) is 7.11 Å². The summed E-state index contributed by atoms with van der Waals surface area (Å²) in [6.07, 6.45) is -2.11. The summed E-state index contributed by atoms with van der Waals surface area (Å²) in [5, 5.41) is 2.28. The Hall–Kier alpha value is -2.13. The third-order valence-electron chi connectivity index (χ3n) is 3.18. The molecule has 0 spiro atoms. The Morgan fingerprint density at radius 1 is 1.12 bits per heavy atom. The lowest BCUT2D eigenvalue weighted by Gasteiger charge is -2.25. The fourth-order valence-corrected chi connectivity index (χ4v) is 3.04. The molecule has 0 fully saturated rings. The molecule has 0 aliphatic carbocycles. The van der Waals surface area contributed by atoms with Gasteiger partial charge in [0.1, 0.15) is 11.7 Å². The molecule has 26 heavy (non-hydrogen) atoms. The van der Waals surface area contributed by atoms with E-state index in [4.69, 9.17) is 8.92 Å². The molecule has 0 saturated heterocycles. The maximum atomic E-state index is 12.4. The van der Waals surface area contributed by atoms with Gasteiger partial charge in [0, 0.05) is 0 Å². The number of nitrogens with one attached hydrogen (secondary N) is 1. The lowest BCUT2D eigenvalue weighted by molar-refractivity contribution is -0.145. The largest absolute Gasteiger partial charge is 0.467 e. The number of carbonyl (C=O) groups is 2. The van der Waals surface area contributed by atoms with Crippen LogP contribution in [0.2, 0.25) is 0 Å². The zero-order chi connectivity index (χ0) is 20.1. The molecule has 1 amide bonds. The van der Waals surface area contributed by atoms with Gasteiger partial charge in [0.2, 0.25) is 0 Å². The first-order valence-electron chi connectivity index (χ1n) is 7.93. The molecule has 1 aromatic carbocycles. The molecular weight excluding hydrogens is 362 g/mol. The first kappa shape index (κ1) is 21.9. The van der Waals surface area contributed by atoms with Crippen molar-refractivity contribution in [3.8, 4) is 0 Å². The zero-order valence-electron chi connectivity index (χ0n) is 15.7. The summed E-state index contributed by atoms with van der Waals surface area (Å²) in [6.45, 7) is 8.12. The summed E-state index contributed by atoms with van der Waals surface area (Å²) in [5.41, 5.74) is 0.0963. The van der Waals surface area contributed by atoms with Gasteiger partial charge in [-0.15, -0.1) is 0 Å². The quantitative estimate of drug-likeness (QED) is 0.588. The molecule has 146 valence electrons. The van der Waals surface area contributed by atoms with Crippen LogP contribution in [0.3, 0.4) is 0 Å². The number of methoxy groups -OCH3 is 1. The minimum absolute atomic E-state index is 0.0594. The summed E-state index contributed by atoms with van der Waals surface area (Å²) < 4.78 is 39.5. The lowest BCUT2D eigenvalue weighted by Crippen LogP contribution is -2.51. The number of aryl methyl sites for hydroxylation is 1. The Kier molecular flexibility index (Phi) is 7.16. The van der Waals surface area contributed by atoms with Crippen LogP contribution in [0, 0.1) is 6.92 Å². The average Bonchev–Trinajstić information content (AvgIpc) is 2.50. The van der Waals surface area contributed by atoms with E-state index in [2.05, 4.69) is 10.1 Å². The standard InChI is InChI=1S/C17H25NO7S/c1-11-7-9-13(10-8-11)26(21,22)25-12(2)14(15(19)23-6)18-16(20)24-17(3,4)5/h7-10,12,14H,1-6H3,(H,18,20)/t12-,14+/m0/s1. The molecule has 0 aliphatic heterocycles. The van der Waals surface area contributed by atoms with Gasteiger partial charge in [-0.25, -0.2) is 9.59 Å². The highest BCUT2D eigenvalue weighted by atomic mass is 32.2. The summed E-state index contributed by atoms with van der Waals surface area (Å²) in [7, 11) is -3.02. The van der Waals surface area contributed by atoms with Crippen molar-refractivity contribution in [2.45, 2.75) is 57.3 Å². The minimum Gasteiger partial charge on any atom is -0.467 e. The van der Waals surface area contributed by atoms with Gasteiger partial charge in [0.15, 0.2) is 6.04 Å². The van der Waals surface area contributed by atoms with E-state index in [9.17, 15) is 18.0 Å². The number of ether oxygens (including phenoxy) is 2. The van der Waals surface area contributed by atoms with Crippen molar-refractivity contribution in [1.82, 2.24) is 5.32 Å². The Balaban J connectivity index is 2.95. The molecular formula is C17H25NO7S. The number of amides is 1. The van der Waals surface area contributed by atoms with Gasteiger partial charge >= 0.3 is 12.1 Å². The topological polar surface area (TPSA) is 108 Å². The predicted molar refractivity (Wildman–Crippen MR) is 94.1 cm³/mol. The van der Waals surface area contributed by atoms with Crippen LogP contribution in [0.1, 0.15) is 33.3 Å². The molecule has 1 rings (SSSR count). The molecule has 0 bridgehead atoms. The number of carbonyl (C=O) groups excluding carboxylic acids is 2. The van der Waals surface area contributed by atoms with Gasteiger partial charge in [0.05, 0.1) is 12.0 Å². The van der Waals surface area contributed by atoms with Gasteiger partial charge < -0.3 is 14.8 Å². The number of alkyl carbamates (subject to hydrolysis) is 1. The van der Waals surface area contributed by atoms with E-state index in [1.54, 1.807) is 32.9 Å². The maximum absolute atomic E-state index is 12.4. The number of rotatable bonds is 6. The second-order valence-electron chi connectivity index (χ2n) is 6.72. The highest BCUT2D eigenvalue weighted by Crippen LogP contribution is 2.17. The number of benzene rings is 1. The Morgan fingerprint density at radius 3 is 2.12 bits per heavy atom. The SMILES string of the molecule is COC(=O)[C@H](NC(=O)OC(C)(C)C)[C@H](C)OS(=O)(=O)c1ccc(C)cc1. The van der Waals surface area contributed by atoms with E-state index in [0.29, 0.717) is 0 Å². The molecule has 8 nitrogen and oxygen atoms in total. The van der Waals surface area contributed by atoms with E-state index in [0.717, 1.165) is 12.7 Å². The molecule has 2 atom stereocenters. The second kappa shape index (κ2) is 8.50. The third-order valence-corrected chi connectivity index (χ3v) is 4.59. The van der Waals surface area contributed by atoms with E-state index in [-0.39, 0.29) is 4.90 Å². The van der Waals surface area contributed by atoms with Crippen LogP contribution in [0.5, 0.6) is 0 Å². The minimum atomic E-state index is -4.13. The molecule has 0 heterocycles. The van der Waals surface area contributed by atoms with E-state index < -0.39 is 39.9 Å². The normalized spacial score (nSPS) is 14.2. The maximum Gasteiger partial charge on any atom is 0.408 e. The molecule has 0 aromatic heterocycles. The fourth-order valence-electron chi connectivity index (χ4n) is 1.95. The highest BCUT2D eigenvalue weighted by Gasteiger charge is 2.34. The van der Waals surface area contributed by atoms with Crippen LogP contribution in [-0.2, 0) is 28.6 Å². The Morgan fingerprint density at radius 2 is 1.65 bits per heavy atom. The van der Waals surface area contributed by atoms with E-state index >= 15 is 0 Å². The van der Waals surface area contributed by atoms with Crippen LogP contribution in [0.25, 0.3) is 0 Å². The van der Waals surface area contributed by atoms with Crippen molar-refractivity contribution in [3.05, 3.63) is 29.8 Å². The van der Waals surface area contributed by atoms with Crippen LogP contribution in [0.4, 0.5) is 4.79 Å². The average molecular weight is 387 g/mol. The van der Waals surface area contributed by atoms with Gasteiger partial charge in [-0.1, -0.05) is 17.7 Å². The van der Waals surface area contributed by atoms with E-state index in [1.165, 1.54) is 19.1 Å². The number of esters is 1. The van der Waals surface area contributed by atoms with Gasteiger partial charge in [-0.3, -0.25) is 4.18 Å². The van der Waals surface area contributed by atoms with E-state index in [1.807, 2.05) is 6.92 Å². The Bertz CT molecular complexity index is 735. The van der Waals surface area contributed by atoms with Gasteiger partial charge in [-0.2, -0.15) is 8.42 Å². The van der Waals surface area contributed by atoms with Crippen LogP contribution in [0.15, 0.2) is 29.2 Å². The monoisotopic (exact) mass is 387 g/mol. The fraction of sp³-hybridized carbons (Fsp3) is 0.529. The third kappa shape index (κ3) is 6.64. The Labute approximate surface area is 153 Å². The second-order valence-corrected chi connectivity index (χ2v) is 8.29. The number of hydrogen-bond acceptors (Lipinski definition) is 7. The zero-order valence-corrected chi connectivity index (χ0v) is 16.5. The van der Waals surface area contributed by atoms with Crippen LogP contribution < -0.4 is 5.32 Å². The van der Waals surface area contributed by atoms with Crippen LogP contribution in [-0.4, -0.2) is 45.3 Å². The molecule has 0 radical (unpaired) electrons. The first-order chi connectivity index (χ1) is 11.9. The molecule has 1 aromatic rings. The molecule has 1 N–H and O–H groups in total. The highest BCUT2D eigenvalue weighted by molar-refractivity contribution is 7.86. The van der Waals surface area contributed by atoms with Gasteiger partial charge in [0.25, 0.3) is 10.1 Å². The van der Waals surface area contributed by atoms with Crippen LogP contribution >= 0.6 is 0 Å². The van der Waals surface area contributed by atoms with Crippen molar-refractivity contribution in [2.24, 2.45) is 0 Å². The van der Waals surface area contributed by atoms with Crippen molar-refractivity contribution in [1.29, 1.82) is 0 Å². The summed E-state index contributed by atoms with van der Waals surface area (Å²) in [6, 6.07) is 4.67. The molecule has 0 saturated carbocycles. The van der Waals surface area contributed by atoms with Gasteiger partial charge in [-0.05, 0) is 46.8 Å². The molecule has 9 heteroatoms. The van der Waals surface area contributed by atoms with Crippen molar-refractivity contribution in [3.63, 3.8) is 0 Å². The molecule has 0 unspecified atom stereocenters. The summed E-state index contributed by atoms with van der Waals surface area (Å²) in [5.74, 6) is -0.859. The van der Waals surface area contributed by atoms with Crippen molar-refractivity contribution < 1.29 is 31.7 Å². The van der Waals surface area contributed by atoms with Crippen molar-refractivity contribution >= 4 is 22.2 Å². The predicted octanol–water partition coefficient (Wildman–Crippen LogP) is 2.16.